The molecule has 0 bridgehead atoms. The van der Waals surface area contributed by atoms with Gasteiger partial charge >= 0.3 is 23.9 Å². The molecule has 8 nitrogen and oxygen atoms in total. The minimum atomic E-state index is -1.07. The zero-order valence-corrected chi connectivity index (χ0v) is 23.3. The van der Waals surface area contributed by atoms with Gasteiger partial charge in [0.15, 0.2) is 11.6 Å². The third-order valence-electron chi connectivity index (χ3n) is 5.39. The van der Waals surface area contributed by atoms with Crippen molar-refractivity contribution in [1.29, 1.82) is 0 Å². The van der Waals surface area contributed by atoms with Crippen LogP contribution in [-0.4, -0.2) is 23.9 Å². The largest absolute Gasteiger partial charge is 0.423 e. The molecule has 9 heteroatoms. The van der Waals surface area contributed by atoms with E-state index in [-0.39, 0.29) is 45.1 Å². The molecule has 0 amide bonds. The summed E-state index contributed by atoms with van der Waals surface area (Å²) in [6, 6.07) is 13.0. The van der Waals surface area contributed by atoms with Gasteiger partial charge in [-0.05, 0) is 55.8 Å². The monoisotopic (exact) mass is 580 g/mol. The number of rotatable bonds is 9. The molecule has 0 radical (unpaired) electrons. The fraction of sp³-hybridized carbons (Fsp3) is 0.0588. The predicted molar refractivity (Wildman–Crippen MR) is 157 cm³/mol. The molecule has 3 aromatic carbocycles. The van der Waals surface area contributed by atoms with Crippen LogP contribution >= 0.6 is 0 Å². The summed E-state index contributed by atoms with van der Waals surface area (Å²) in [7, 11) is 0. The van der Waals surface area contributed by atoms with Crippen molar-refractivity contribution in [3.63, 3.8) is 0 Å². The van der Waals surface area contributed by atoms with Gasteiger partial charge in [-0.25, -0.2) is 23.6 Å². The van der Waals surface area contributed by atoms with Crippen molar-refractivity contribution in [2.45, 2.75) is 13.8 Å². The highest BCUT2D eigenvalue weighted by atomic mass is 19.1. The van der Waals surface area contributed by atoms with Gasteiger partial charge in [-0.15, -0.1) is 0 Å². The first-order chi connectivity index (χ1) is 20.4. The fourth-order valence-corrected chi connectivity index (χ4v) is 3.27. The van der Waals surface area contributed by atoms with E-state index < -0.39 is 35.4 Å². The van der Waals surface area contributed by atoms with Crippen molar-refractivity contribution in [3.05, 3.63) is 121 Å². The Bertz CT molecular complexity index is 1720. The Hall–Kier alpha value is -6.01. The number of hydrogen-bond acceptors (Lipinski definition) is 8. The Kier molecular flexibility index (Phi) is 10.3. The quantitative estimate of drug-likeness (QED) is 0.131. The SMILES string of the molecule is C=CC(=O)Oc1cc(C#Cc2ccc(OC(=O)C(=C)C)cc2)c(OC(=O)C=C)c(F)c1-c1ccc(OC(=O)C(=C)C)cc1. The van der Waals surface area contributed by atoms with Crippen molar-refractivity contribution in [3.8, 4) is 46.0 Å². The minimum absolute atomic E-state index is 0.131. The molecule has 0 aromatic heterocycles. The van der Waals surface area contributed by atoms with Crippen LogP contribution in [0.4, 0.5) is 4.39 Å². The average Bonchev–Trinajstić information content (AvgIpc) is 2.98. The molecule has 0 N–H and O–H groups in total. The molecule has 0 spiro atoms. The summed E-state index contributed by atoms with van der Waals surface area (Å²) in [5, 5.41) is 0. The van der Waals surface area contributed by atoms with Crippen LogP contribution in [-0.2, 0) is 19.2 Å². The first-order valence-corrected chi connectivity index (χ1v) is 12.5. The standard InChI is InChI=1S/C34H25FO8/c1-7-28(36)42-27-19-24(12-9-22-10-15-25(16-11-22)40-33(38)20(3)4)32(43-29(37)8-2)31(35)30(27)23-13-17-26(18-14-23)41-34(39)21(5)6/h7-8,10-11,13-19H,1-3,5H2,4,6H3. The van der Waals surface area contributed by atoms with Crippen molar-refractivity contribution in [2.75, 3.05) is 0 Å². The first kappa shape index (κ1) is 31.5. The summed E-state index contributed by atoms with van der Waals surface area (Å²) in [4.78, 5) is 47.9. The molecular weight excluding hydrogens is 555 g/mol. The highest BCUT2D eigenvalue weighted by Crippen LogP contribution is 2.41. The summed E-state index contributed by atoms with van der Waals surface area (Å²) < 4.78 is 37.0. The normalized spacial score (nSPS) is 9.84. The Morgan fingerprint density at radius 2 is 1.21 bits per heavy atom. The smallest absolute Gasteiger partial charge is 0.338 e. The van der Waals surface area contributed by atoms with Gasteiger partial charge in [0.2, 0.25) is 0 Å². The van der Waals surface area contributed by atoms with Gasteiger partial charge < -0.3 is 18.9 Å². The van der Waals surface area contributed by atoms with Gasteiger partial charge in [0.1, 0.15) is 17.2 Å². The summed E-state index contributed by atoms with van der Waals surface area (Å²) >= 11 is 0. The molecular formula is C34H25FO8. The second-order valence-electron chi connectivity index (χ2n) is 8.83. The number of carbonyl (C=O) groups excluding carboxylic acids is 4. The maximum atomic E-state index is 16.2. The Morgan fingerprint density at radius 1 is 0.721 bits per heavy atom. The van der Waals surface area contributed by atoms with Crippen LogP contribution in [0.1, 0.15) is 25.0 Å². The van der Waals surface area contributed by atoms with E-state index in [1.54, 1.807) is 12.1 Å². The highest BCUT2D eigenvalue weighted by molar-refractivity contribution is 5.90. The van der Waals surface area contributed by atoms with E-state index in [4.69, 9.17) is 18.9 Å². The lowest BCUT2D eigenvalue weighted by Crippen LogP contribution is -2.10. The average molecular weight is 581 g/mol. The van der Waals surface area contributed by atoms with Gasteiger partial charge in [0.05, 0.1) is 11.1 Å². The molecule has 0 saturated heterocycles. The number of benzene rings is 3. The van der Waals surface area contributed by atoms with Gasteiger partial charge in [-0.2, -0.15) is 0 Å². The fourth-order valence-electron chi connectivity index (χ4n) is 3.27. The molecule has 3 aromatic rings. The third kappa shape index (κ3) is 8.25. The molecule has 216 valence electrons. The lowest BCUT2D eigenvalue weighted by molar-refractivity contribution is -0.130. The molecule has 0 fully saturated rings. The molecule has 0 atom stereocenters. The van der Waals surface area contributed by atoms with Crippen LogP contribution in [0.3, 0.4) is 0 Å². The van der Waals surface area contributed by atoms with E-state index in [1.165, 1.54) is 56.3 Å². The Balaban J connectivity index is 2.13. The maximum Gasteiger partial charge on any atom is 0.338 e. The molecule has 0 aliphatic carbocycles. The van der Waals surface area contributed by atoms with Crippen molar-refractivity contribution in [1.82, 2.24) is 0 Å². The van der Waals surface area contributed by atoms with Crippen molar-refractivity contribution >= 4 is 23.9 Å². The Morgan fingerprint density at radius 3 is 1.70 bits per heavy atom. The van der Waals surface area contributed by atoms with Crippen LogP contribution < -0.4 is 18.9 Å². The van der Waals surface area contributed by atoms with Crippen molar-refractivity contribution < 1.29 is 42.5 Å². The van der Waals surface area contributed by atoms with Crippen LogP contribution in [0.5, 0.6) is 23.0 Å². The molecule has 0 aliphatic heterocycles. The topological polar surface area (TPSA) is 105 Å². The number of carbonyl (C=O) groups is 4. The summed E-state index contributed by atoms with van der Waals surface area (Å²) in [5.74, 6) is 0.987. The number of halogens is 1. The second kappa shape index (κ2) is 14.1. The third-order valence-corrected chi connectivity index (χ3v) is 5.39. The van der Waals surface area contributed by atoms with Crippen molar-refractivity contribution in [2.24, 2.45) is 0 Å². The van der Waals surface area contributed by atoms with Gasteiger partial charge in [-0.1, -0.05) is 50.3 Å². The van der Waals surface area contributed by atoms with Gasteiger partial charge in [0, 0.05) is 34.9 Å². The van der Waals surface area contributed by atoms with Crippen LogP contribution in [0.2, 0.25) is 0 Å². The zero-order chi connectivity index (χ0) is 31.7. The molecule has 0 aliphatic rings. The molecule has 0 saturated carbocycles. The number of ether oxygens (including phenoxy) is 4. The van der Waals surface area contributed by atoms with E-state index in [0.717, 1.165) is 12.2 Å². The van der Waals surface area contributed by atoms with E-state index in [2.05, 4.69) is 38.2 Å². The molecule has 0 unspecified atom stereocenters. The molecule has 43 heavy (non-hydrogen) atoms. The molecule has 3 rings (SSSR count). The maximum absolute atomic E-state index is 16.2. The van der Waals surface area contributed by atoms with Gasteiger partial charge in [-0.3, -0.25) is 0 Å². The summed E-state index contributed by atoms with van der Waals surface area (Å²) in [6.07, 6.45) is 1.73. The second-order valence-corrected chi connectivity index (χ2v) is 8.83. The van der Waals surface area contributed by atoms with E-state index in [1.807, 2.05) is 0 Å². The minimum Gasteiger partial charge on any atom is -0.423 e. The predicted octanol–water partition coefficient (Wildman–Crippen LogP) is 6.04. The first-order valence-electron chi connectivity index (χ1n) is 12.5. The van der Waals surface area contributed by atoms with E-state index in [9.17, 15) is 19.2 Å². The van der Waals surface area contributed by atoms with E-state index in [0.29, 0.717) is 5.56 Å². The van der Waals surface area contributed by atoms with Crippen LogP contribution in [0, 0.1) is 17.7 Å². The lowest BCUT2D eigenvalue weighted by atomic mass is 10.00. The summed E-state index contributed by atoms with van der Waals surface area (Å²) in [5.41, 5.74) is 0.662. The summed E-state index contributed by atoms with van der Waals surface area (Å²) in [6.45, 7) is 16.7. The molecule has 0 heterocycles. The number of esters is 4. The van der Waals surface area contributed by atoms with Crippen LogP contribution in [0.15, 0.2) is 104 Å². The number of hydrogen-bond donors (Lipinski definition) is 0. The lowest BCUT2D eigenvalue weighted by Gasteiger charge is -2.15. The zero-order valence-electron chi connectivity index (χ0n) is 23.3. The Labute approximate surface area is 247 Å². The van der Waals surface area contributed by atoms with Crippen LogP contribution in [0.25, 0.3) is 11.1 Å². The van der Waals surface area contributed by atoms with E-state index >= 15 is 4.39 Å². The highest BCUT2D eigenvalue weighted by Gasteiger charge is 2.24. The van der Waals surface area contributed by atoms with Gasteiger partial charge in [0.25, 0.3) is 0 Å².